The molecule has 0 amide bonds. The van der Waals surface area contributed by atoms with Gasteiger partial charge in [0.05, 0.1) is 0 Å². The molecular formula is H4Cl2O7. The van der Waals surface area contributed by atoms with Crippen LogP contribution in [0, 0.1) is 21.6 Å². The second-order valence-corrected chi connectivity index (χ2v) is 1.21. The summed E-state index contributed by atoms with van der Waals surface area (Å²) in [6.45, 7) is 0. The van der Waals surface area contributed by atoms with Crippen LogP contribution in [0.2, 0.25) is 0 Å². The summed E-state index contributed by atoms with van der Waals surface area (Å²) in [7, 11) is -5.20. The zero-order valence-corrected chi connectivity index (χ0v) is 5.30. The van der Waals surface area contributed by atoms with E-state index in [1.807, 2.05) is 0 Å². The minimum atomic E-state index is -2.60. The first kappa shape index (κ1) is 16.1. The van der Waals surface area contributed by atoms with Crippen molar-refractivity contribution in [2.24, 2.45) is 0 Å². The van der Waals surface area contributed by atoms with Crippen molar-refractivity contribution in [3.05, 3.63) is 0 Å². The Bertz CT molecular complexity index is 22.4. The lowest BCUT2D eigenvalue weighted by molar-refractivity contribution is -1.63. The topological polar surface area (TPSA) is 164 Å². The van der Waals surface area contributed by atoms with Crippen LogP contribution < -0.4 is 18.6 Å². The molecular weight excluding hydrogens is 183 g/mol. The van der Waals surface area contributed by atoms with Crippen LogP contribution in [-0.2, 0) is 0 Å². The van der Waals surface area contributed by atoms with E-state index in [0.717, 1.165) is 0 Å². The Hall–Kier alpha value is 0.300. The molecule has 60 valence electrons. The van der Waals surface area contributed by atoms with E-state index in [1.165, 1.54) is 0 Å². The first-order valence-corrected chi connectivity index (χ1v) is 2.87. The van der Waals surface area contributed by atoms with Gasteiger partial charge in [0, 0.05) is 9.32 Å². The van der Waals surface area contributed by atoms with Gasteiger partial charge in [0.25, 0.3) is 21.6 Å². The Balaban J connectivity index is -0.0000000720. The van der Waals surface area contributed by atoms with Crippen LogP contribution in [-0.4, -0.2) is 14.8 Å². The Morgan fingerprint density at radius 3 is 0.778 bits per heavy atom. The van der Waals surface area contributed by atoms with Gasteiger partial charge in [0.1, 0.15) is 0 Å². The molecule has 0 aliphatic rings. The molecule has 0 aromatic heterocycles. The van der Waals surface area contributed by atoms with Crippen LogP contribution in [0.25, 0.3) is 0 Å². The Kier molecular flexibility index (Phi) is 20.0. The van der Waals surface area contributed by atoms with Crippen molar-refractivity contribution in [2.75, 3.05) is 0 Å². The minimum Gasteiger partial charge on any atom is -0.412 e. The Labute approximate surface area is 55.9 Å². The zero-order valence-electron chi connectivity index (χ0n) is 3.78. The van der Waals surface area contributed by atoms with E-state index in [1.54, 1.807) is 0 Å². The molecule has 0 bridgehead atoms. The zero-order chi connectivity index (χ0) is 7.15. The van der Waals surface area contributed by atoms with Gasteiger partial charge in [-0.2, -0.15) is 0 Å². The molecule has 4 N–H and O–H groups in total. The summed E-state index contributed by atoms with van der Waals surface area (Å²) in [6.07, 6.45) is 0. The van der Waals surface area contributed by atoms with Gasteiger partial charge in [-0.15, -0.1) is 0 Å². The summed E-state index contributed by atoms with van der Waals surface area (Å²) in [5, 5.41) is 0. The normalized spacial score (nSPS) is 8.00. The standard InChI is InChI=1S/2ClHO3.H2O/c2*2-1(3)4;/h2*2H;1H2. The smallest absolute Gasteiger partial charge is 0.282 e. The molecule has 0 aliphatic carbocycles. The second kappa shape index (κ2) is 11.1. The third-order valence-corrected chi connectivity index (χ3v) is 0. The summed E-state index contributed by atoms with van der Waals surface area (Å²) in [6, 6.07) is 0. The maximum absolute atomic E-state index is 8.52. The average Bonchev–Trinajstić information content (AvgIpc) is 1.25. The van der Waals surface area contributed by atoms with E-state index in [4.69, 9.17) is 28.0 Å². The maximum atomic E-state index is 8.52. The third kappa shape index (κ3) is 3660. The SMILES string of the molecule is O.[O-][Cl+2]([O-])O.[O-][Cl+2]([O-])O. The first-order chi connectivity index (χ1) is 3.46. The molecule has 0 aliphatic heterocycles. The van der Waals surface area contributed by atoms with Crippen LogP contribution >= 0.6 is 0 Å². The van der Waals surface area contributed by atoms with E-state index in [0.29, 0.717) is 0 Å². The predicted molar refractivity (Wildman–Crippen MR) is 8.05 cm³/mol. The van der Waals surface area contributed by atoms with Gasteiger partial charge < -0.3 is 24.1 Å². The quantitative estimate of drug-likeness (QED) is 0.382. The Morgan fingerprint density at radius 1 is 0.778 bits per heavy atom. The van der Waals surface area contributed by atoms with Gasteiger partial charge in [0.2, 0.25) is 0 Å². The largest absolute Gasteiger partial charge is 0.412 e. The van der Waals surface area contributed by atoms with Crippen molar-refractivity contribution in [3.63, 3.8) is 0 Å². The molecule has 0 spiro atoms. The molecule has 0 saturated carbocycles. The number of rotatable bonds is 0. The molecule has 0 rings (SSSR count). The van der Waals surface area contributed by atoms with Gasteiger partial charge in [-0.3, -0.25) is 0 Å². The van der Waals surface area contributed by atoms with Crippen LogP contribution in [0.15, 0.2) is 0 Å². The highest BCUT2D eigenvalue weighted by Crippen LogP contribution is 1.38. The van der Waals surface area contributed by atoms with Crippen LogP contribution in [0.1, 0.15) is 0 Å². The molecule has 0 aromatic carbocycles. The molecule has 0 heterocycles. The minimum absolute atomic E-state index is 0. The van der Waals surface area contributed by atoms with Gasteiger partial charge in [-0.05, 0) is 0 Å². The highest BCUT2D eigenvalue weighted by Gasteiger charge is 1.79. The fourth-order valence-electron chi connectivity index (χ4n) is 0. The van der Waals surface area contributed by atoms with Crippen molar-refractivity contribution in [2.45, 2.75) is 0 Å². The monoisotopic (exact) mass is 186 g/mol. The molecule has 9 heavy (non-hydrogen) atoms. The van der Waals surface area contributed by atoms with Crippen molar-refractivity contribution in [3.8, 4) is 0 Å². The van der Waals surface area contributed by atoms with Crippen molar-refractivity contribution in [1.82, 2.24) is 0 Å². The molecule has 0 atom stereocenters. The number of hydrogen-bond donors (Lipinski definition) is 2. The van der Waals surface area contributed by atoms with Crippen LogP contribution in [0.3, 0.4) is 0 Å². The Morgan fingerprint density at radius 2 is 0.778 bits per heavy atom. The lowest BCUT2D eigenvalue weighted by Crippen LogP contribution is -2.30. The maximum Gasteiger partial charge on any atom is 0.282 e. The first-order valence-electron chi connectivity index (χ1n) is 0.955. The van der Waals surface area contributed by atoms with Gasteiger partial charge in [-0.25, -0.2) is 0 Å². The highest BCUT2D eigenvalue weighted by atomic mass is 35.6. The van der Waals surface area contributed by atoms with E-state index in [9.17, 15) is 0 Å². The second-order valence-electron chi connectivity index (χ2n) is 0.402. The fourth-order valence-corrected chi connectivity index (χ4v) is 0. The molecule has 0 unspecified atom stereocenters. The average molecular weight is 187 g/mol. The van der Waals surface area contributed by atoms with Gasteiger partial charge >= 0.3 is 0 Å². The lowest BCUT2D eigenvalue weighted by Gasteiger charge is -1.72. The van der Waals surface area contributed by atoms with Gasteiger partial charge in [0.15, 0.2) is 0 Å². The summed E-state index contributed by atoms with van der Waals surface area (Å²) in [5.74, 6) is 0. The van der Waals surface area contributed by atoms with Crippen molar-refractivity contribution >= 4 is 0 Å². The predicted octanol–water partition coefficient (Wildman–Crippen LogP) is -6.69. The van der Waals surface area contributed by atoms with E-state index in [2.05, 4.69) is 0 Å². The third-order valence-electron chi connectivity index (χ3n) is 0. The summed E-state index contributed by atoms with van der Waals surface area (Å²) in [5.41, 5.74) is 0. The molecule has 0 aromatic rings. The summed E-state index contributed by atoms with van der Waals surface area (Å²) in [4.78, 5) is 0. The van der Waals surface area contributed by atoms with E-state index >= 15 is 0 Å². The molecule has 0 radical (unpaired) electrons. The van der Waals surface area contributed by atoms with E-state index < -0.39 is 21.6 Å². The van der Waals surface area contributed by atoms with Crippen LogP contribution in [0.5, 0.6) is 0 Å². The summed E-state index contributed by atoms with van der Waals surface area (Å²) >= 11 is 0. The molecule has 0 saturated heterocycles. The highest BCUT2D eigenvalue weighted by molar-refractivity contribution is 1.94. The van der Waals surface area contributed by atoms with Gasteiger partial charge in [-0.1, -0.05) is 0 Å². The van der Waals surface area contributed by atoms with Crippen molar-refractivity contribution in [1.29, 1.82) is 0 Å². The number of halogens is 2. The number of hydrogen-bond acceptors (Lipinski definition) is 6. The van der Waals surface area contributed by atoms with E-state index in [-0.39, 0.29) is 5.48 Å². The molecule has 9 heteroatoms. The van der Waals surface area contributed by atoms with Crippen LogP contribution in [0.4, 0.5) is 0 Å². The fraction of sp³-hybridized carbons (Fsp3) is 0. The molecule has 0 fully saturated rings. The summed E-state index contributed by atoms with van der Waals surface area (Å²) < 4.78 is 47.9. The lowest BCUT2D eigenvalue weighted by atomic mass is 15.8. The van der Waals surface area contributed by atoms with Crippen molar-refractivity contribution < 1.29 is 55.0 Å². The molecule has 7 nitrogen and oxygen atoms in total.